The van der Waals surface area contributed by atoms with Gasteiger partial charge in [-0.15, -0.1) is 0 Å². The molecule has 0 saturated heterocycles. The van der Waals surface area contributed by atoms with E-state index in [4.69, 9.17) is 10.00 Å². The van der Waals surface area contributed by atoms with Crippen molar-refractivity contribution in [2.75, 3.05) is 7.11 Å². The minimum absolute atomic E-state index is 0.373. The third kappa shape index (κ3) is 1.48. The van der Waals surface area contributed by atoms with Gasteiger partial charge in [0.2, 0.25) is 0 Å². The topological polar surface area (TPSA) is 45.9 Å². The monoisotopic (exact) mass is 252 g/mol. The fourth-order valence-electron chi connectivity index (χ4n) is 1.52. The molecule has 3 nitrogen and oxygen atoms in total. The Labute approximate surface area is 90.8 Å². The van der Waals surface area contributed by atoms with E-state index in [0.717, 1.165) is 10.0 Å². The third-order valence-electron chi connectivity index (χ3n) is 2.32. The normalized spacial score (nSPS) is 14.9. The van der Waals surface area contributed by atoms with Gasteiger partial charge in [0.05, 0.1) is 7.11 Å². The first kappa shape index (κ1) is 9.47. The number of rotatable bonds is 2. The van der Waals surface area contributed by atoms with Gasteiger partial charge >= 0.3 is 0 Å². The van der Waals surface area contributed by atoms with Crippen molar-refractivity contribution >= 4 is 15.9 Å². The summed E-state index contributed by atoms with van der Waals surface area (Å²) in [5.74, 6) is 1.17. The largest absolute Gasteiger partial charge is 0.493 e. The Morgan fingerprint density at radius 2 is 2.36 bits per heavy atom. The van der Waals surface area contributed by atoms with Crippen molar-refractivity contribution in [3.63, 3.8) is 0 Å². The Morgan fingerprint density at radius 1 is 1.64 bits per heavy atom. The van der Waals surface area contributed by atoms with E-state index in [1.165, 1.54) is 12.8 Å². The van der Waals surface area contributed by atoms with E-state index < -0.39 is 0 Å². The number of methoxy groups -OCH3 is 1. The van der Waals surface area contributed by atoms with Crippen LogP contribution >= 0.6 is 15.9 Å². The van der Waals surface area contributed by atoms with Gasteiger partial charge in [0.15, 0.2) is 11.4 Å². The van der Waals surface area contributed by atoms with E-state index >= 15 is 0 Å². The van der Waals surface area contributed by atoms with Crippen molar-refractivity contribution in [1.82, 2.24) is 4.98 Å². The van der Waals surface area contributed by atoms with Crippen molar-refractivity contribution in [2.45, 2.75) is 18.8 Å². The molecule has 72 valence electrons. The van der Waals surface area contributed by atoms with Gasteiger partial charge in [-0.1, -0.05) is 0 Å². The smallest absolute Gasteiger partial charge is 0.182 e. The van der Waals surface area contributed by atoms with Crippen LogP contribution in [0.25, 0.3) is 0 Å². The fraction of sp³-hybridized carbons (Fsp3) is 0.400. The highest BCUT2D eigenvalue weighted by Gasteiger charge is 2.30. The molecule has 0 N–H and O–H groups in total. The zero-order chi connectivity index (χ0) is 10.1. The summed E-state index contributed by atoms with van der Waals surface area (Å²) in [5, 5.41) is 8.86. The summed E-state index contributed by atoms with van der Waals surface area (Å²) in [6.07, 6.45) is 4.02. The van der Waals surface area contributed by atoms with Crippen LogP contribution in [0.5, 0.6) is 5.75 Å². The fourth-order valence-corrected chi connectivity index (χ4v) is 2.13. The van der Waals surface area contributed by atoms with Crippen molar-refractivity contribution < 1.29 is 4.74 Å². The lowest BCUT2D eigenvalue weighted by Crippen LogP contribution is -1.97. The second kappa shape index (κ2) is 3.58. The lowest BCUT2D eigenvalue weighted by atomic mass is 10.1. The molecule has 0 atom stereocenters. The number of hydrogen-bond acceptors (Lipinski definition) is 3. The van der Waals surface area contributed by atoms with Crippen LogP contribution < -0.4 is 4.74 Å². The van der Waals surface area contributed by atoms with E-state index in [-0.39, 0.29) is 0 Å². The van der Waals surface area contributed by atoms with Gasteiger partial charge in [-0.05, 0) is 34.7 Å². The van der Waals surface area contributed by atoms with Crippen LogP contribution in [-0.2, 0) is 0 Å². The maximum absolute atomic E-state index is 8.86. The molecule has 0 amide bonds. The first-order valence-electron chi connectivity index (χ1n) is 4.40. The molecule has 0 aromatic carbocycles. The van der Waals surface area contributed by atoms with E-state index in [0.29, 0.717) is 17.4 Å². The number of halogens is 1. The number of hydrogen-bond donors (Lipinski definition) is 0. The number of ether oxygens (including phenoxy) is 1. The first-order chi connectivity index (χ1) is 6.77. The lowest BCUT2D eigenvalue weighted by molar-refractivity contribution is 0.405. The number of pyridine rings is 1. The zero-order valence-corrected chi connectivity index (χ0v) is 9.34. The third-order valence-corrected chi connectivity index (χ3v) is 2.95. The molecule has 14 heavy (non-hydrogen) atoms. The highest BCUT2D eigenvalue weighted by Crippen LogP contribution is 2.47. The average molecular weight is 253 g/mol. The summed E-state index contributed by atoms with van der Waals surface area (Å²) in [4.78, 5) is 4.01. The molecule has 0 aliphatic heterocycles. The van der Waals surface area contributed by atoms with Gasteiger partial charge in [0, 0.05) is 16.2 Å². The summed E-state index contributed by atoms with van der Waals surface area (Å²) in [7, 11) is 1.58. The number of nitrogens with zero attached hydrogens (tertiary/aromatic N) is 2. The van der Waals surface area contributed by atoms with Crippen LogP contribution in [0.3, 0.4) is 0 Å². The van der Waals surface area contributed by atoms with Crippen LogP contribution in [-0.4, -0.2) is 12.1 Å². The van der Waals surface area contributed by atoms with E-state index in [9.17, 15) is 0 Å². The van der Waals surface area contributed by atoms with Gasteiger partial charge in [-0.2, -0.15) is 5.26 Å². The summed E-state index contributed by atoms with van der Waals surface area (Å²) < 4.78 is 6.18. The molecular formula is C10H9BrN2O. The van der Waals surface area contributed by atoms with Crippen molar-refractivity contribution in [2.24, 2.45) is 0 Å². The molecule has 2 rings (SSSR count). The predicted molar refractivity (Wildman–Crippen MR) is 55.2 cm³/mol. The summed E-state index contributed by atoms with van der Waals surface area (Å²) in [6.45, 7) is 0. The Kier molecular flexibility index (Phi) is 2.42. The average Bonchev–Trinajstić information content (AvgIpc) is 3.00. The molecule has 0 bridgehead atoms. The highest BCUT2D eigenvalue weighted by atomic mass is 79.9. The molecule has 1 aromatic rings. The van der Waals surface area contributed by atoms with Crippen LogP contribution in [0.2, 0.25) is 0 Å². The summed E-state index contributed by atoms with van der Waals surface area (Å²) in [6, 6.07) is 2.04. The molecule has 1 aliphatic rings. The lowest BCUT2D eigenvalue weighted by Gasteiger charge is -2.09. The molecule has 1 aromatic heterocycles. The van der Waals surface area contributed by atoms with Gasteiger partial charge in [-0.25, -0.2) is 4.98 Å². The molecule has 0 radical (unpaired) electrons. The minimum Gasteiger partial charge on any atom is -0.493 e. The standard InChI is InChI=1S/C10H9BrN2O/c1-14-10-8(4-12)13-5-7(11)9(10)6-2-3-6/h5-6H,2-3H2,1H3. The van der Waals surface area contributed by atoms with E-state index in [1.54, 1.807) is 13.3 Å². The molecule has 1 saturated carbocycles. The van der Waals surface area contributed by atoms with E-state index in [2.05, 4.69) is 20.9 Å². The molecule has 4 heteroatoms. The number of nitriles is 1. The highest BCUT2D eigenvalue weighted by molar-refractivity contribution is 9.10. The minimum atomic E-state index is 0.373. The number of aromatic nitrogens is 1. The van der Waals surface area contributed by atoms with Crippen molar-refractivity contribution in [3.05, 3.63) is 21.9 Å². The molecule has 1 fully saturated rings. The Morgan fingerprint density at radius 3 is 2.86 bits per heavy atom. The molecule has 1 heterocycles. The first-order valence-corrected chi connectivity index (χ1v) is 5.19. The van der Waals surface area contributed by atoms with Crippen LogP contribution in [0.15, 0.2) is 10.7 Å². The molecule has 0 spiro atoms. The quantitative estimate of drug-likeness (QED) is 0.813. The van der Waals surface area contributed by atoms with Crippen molar-refractivity contribution in [3.8, 4) is 11.8 Å². The zero-order valence-electron chi connectivity index (χ0n) is 7.75. The molecular weight excluding hydrogens is 244 g/mol. The van der Waals surface area contributed by atoms with E-state index in [1.807, 2.05) is 6.07 Å². The van der Waals surface area contributed by atoms with Gasteiger partial charge in [0.25, 0.3) is 0 Å². The predicted octanol–water partition coefficient (Wildman–Crippen LogP) is 2.60. The van der Waals surface area contributed by atoms with Crippen LogP contribution in [0.1, 0.15) is 30.0 Å². The SMILES string of the molecule is COc1c(C#N)ncc(Br)c1C1CC1. The van der Waals surface area contributed by atoms with Crippen molar-refractivity contribution in [1.29, 1.82) is 5.26 Å². The Bertz CT molecular complexity index is 407. The summed E-state index contributed by atoms with van der Waals surface area (Å²) in [5.41, 5.74) is 1.47. The molecule has 1 aliphatic carbocycles. The maximum Gasteiger partial charge on any atom is 0.182 e. The van der Waals surface area contributed by atoms with Crippen LogP contribution in [0.4, 0.5) is 0 Å². The van der Waals surface area contributed by atoms with Gasteiger partial charge in [0.1, 0.15) is 6.07 Å². The van der Waals surface area contributed by atoms with Crippen LogP contribution in [0, 0.1) is 11.3 Å². The second-order valence-electron chi connectivity index (χ2n) is 3.29. The maximum atomic E-state index is 8.86. The Hall–Kier alpha value is -1.08. The Balaban J connectivity index is 2.59. The van der Waals surface area contributed by atoms with Gasteiger partial charge in [-0.3, -0.25) is 0 Å². The summed E-state index contributed by atoms with van der Waals surface area (Å²) >= 11 is 3.44. The second-order valence-corrected chi connectivity index (χ2v) is 4.14. The molecule has 0 unspecified atom stereocenters. The van der Waals surface area contributed by atoms with Gasteiger partial charge < -0.3 is 4.74 Å².